The van der Waals surface area contributed by atoms with E-state index < -0.39 is 0 Å². The van der Waals surface area contributed by atoms with Crippen LogP contribution in [0, 0.1) is 5.92 Å². The fourth-order valence-corrected chi connectivity index (χ4v) is 4.30. The summed E-state index contributed by atoms with van der Waals surface area (Å²) in [6.07, 6.45) is 2.20. The van der Waals surface area contributed by atoms with Crippen LogP contribution >= 0.6 is 0 Å². The molecule has 2 aliphatic rings. The molecule has 6 nitrogen and oxygen atoms in total. The number of likely N-dealkylation sites (tertiary alicyclic amines) is 1. The third-order valence-corrected chi connectivity index (χ3v) is 5.86. The predicted molar refractivity (Wildman–Crippen MR) is 105 cm³/mol. The minimum atomic E-state index is -0.210. The van der Waals surface area contributed by atoms with Crippen LogP contribution in [0.3, 0.4) is 0 Å². The van der Waals surface area contributed by atoms with E-state index in [9.17, 15) is 9.59 Å². The molecule has 2 amide bonds. The molecule has 0 bridgehead atoms. The molecule has 0 radical (unpaired) electrons. The van der Waals surface area contributed by atoms with Crippen LogP contribution in [-0.4, -0.2) is 73.4 Å². The molecule has 2 atom stereocenters. The second-order valence-corrected chi connectivity index (χ2v) is 7.53. The fourth-order valence-electron chi connectivity index (χ4n) is 4.30. The Labute approximate surface area is 162 Å². The summed E-state index contributed by atoms with van der Waals surface area (Å²) in [6.45, 7) is 6.72. The molecular weight excluding hydrogens is 342 g/mol. The van der Waals surface area contributed by atoms with Crippen LogP contribution in [0.5, 0.6) is 5.75 Å². The quantitative estimate of drug-likeness (QED) is 0.794. The molecule has 0 N–H and O–H groups in total. The predicted octanol–water partition coefficient (Wildman–Crippen LogP) is 2.16. The molecule has 6 heteroatoms. The molecule has 1 aromatic carbocycles. The number of hydrogen-bond acceptors (Lipinski definition) is 4. The monoisotopic (exact) mass is 373 g/mol. The molecule has 0 aliphatic carbocycles. The van der Waals surface area contributed by atoms with E-state index in [2.05, 4.69) is 11.8 Å². The Morgan fingerprint density at radius 1 is 1.15 bits per heavy atom. The fraction of sp³-hybridized carbons (Fsp3) is 0.619. The van der Waals surface area contributed by atoms with Crippen molar-refractivity contribution < 1.29 is 14.3 Å². The second kappa shape index (κ2) is 8.74. The van der Waals surface area contributed by atoms with Crippen molar-refractivity contribution in [3.05, 3.63) is 29.8 Å². The standard InChI is InChI=1S/C21H31N3O3/c1-4-11-23-12-14-24(15-13-23)21(26)18-9-10-19(25)22(2)20(18)16-5-7-17(27-3)8-6-16/h5-8,18,20H,4,9-15H2,1-3H3/t18-,20+/m1/s1. The zero-order valence-electron chi connectivity index (χ0n) is 16.7. The van der Waals surface area contributed by atoms with Gasteiger partial charge in [0.25, 0.3) is 0 Å². The second-order valence-electron chi connectivity index (χ2n) is 7.53. The van der Waals surface area contributed by atoms with Gasteiger partial charge in [0.1, 0.15) is 5.75 Å². The van der Waals surface area contributed by atoms with Gasteiger partial charge < -0.3 is 14.5 Å². The molecule has 2 heterocycles. The first-order valence-electron chi connectivity index (χ1n) is 9.96. The van der Waals surface area contributed by atoms with Gasteiger partial charge in [-0.05, 0) is 37.1 Å². The van der Waals surface area contributed by atoms with Crippen molar-refractivity contribution in [2.24, 2.45) is 5.92 Å². The number of nitrogens with zero attached hydrogens (tertiary/aromatic N) is 3. The highest BCUT2D eigenvalue weighted by atomic mass is 16.5. The van der Waals surface area contributed by atoms with E-state index in [4.69, 9.17) is 4.74 Å². The Balaban J connectivity index is 1.76. The Kier molecular flexibility index (Phi) is 6.37. The number of carbonyl (C=O) groups is 2. The van der Waals surface area contributed by atoms with Crippen molar-refractivity contribution in [2.75, 3.05) is 46.9 Å². The number of piperidine rings is 1. The summed E-state index contributed by atoms with van der Waals surface area (Å²) < 4.78 is 5.24. The van der Waals surface area contributed by atoms with E-state index >= 15 is 0 Å². The number of carbonyl (C=O) groups excluding carboxylic acids is 2. The Hall–Kier alpha value is -2.08. The number of piperazine rings is 1. The van der Waals surface area contributed by atoms with Gasteiger partial charge in [-0.15, -0.1) is 0 Å². The van der Waals surface area contributed by atoms with Gasteiger partial charge in [-0.25, -0.2) is 0 Å². The number of amides is 2. The van der Waals surface area contributed by atoms with Gasteiger partial charge in [0.15, 0.2) is 0 Å². The molecule has 3 rings (SSSR count). The maximum atomic E-state index is 13.3. The van der Waals surface area contributed by atoms with Crippen LogP contribution in [0.1, 0.15) is 37.8 Å². The van der Waals surface area contributed by atoms with Crippen molar-refractivity contribution >= 4 is 11.8 Å². The molecule has 0 aromatic heterocycles. The Morgan fingerprint density at radius 3 is 2.41 bits per heavy atom. The zero-order valence-corrected chi connectivity index (χ0v) is 16.7. The smallest absolute Gasteiger partial charge is 0.228 e. The van der Waals surface area contributed by atoms with Crippen LogP contribution in [0.2, 0.25) is 0 Å². The number of benzene rings is 1. The van der Waals surface area contributed by atoms with Gasteiger partial charge in [-0.3, -0.25) is 14.5 Å². The highest BCUT2D eigenvalue weighted by molar-refractivity contribution is 5.85. The van der Waals surface area contributed by atoms with Crippen LogP contribution in [-0.2, 0) is 9.59 Å². The number of hydrogen-bond donors (Lipinski definition) is 0. The summed E-state index contributed by atoms with van der Waals surface area (Å²) in [6, 6.07) is 7.52. The lowest BCUT2D eigenvalue weighted by atomic mass is 9.83. The Bertz CT molecular complexity index is 653. The average Bonchev–Trinajstić information content (AvgIpc) is 2.70. The van der Waals surface area contributed by atoms with Crippen LogP contribution in [0.15, 0.2) is 24.3 Å². The minimum absolute atomic E-state index is 0.104. The lowest BCUT2D eigenvalue weighted by Gasteiger charge is -2.42. The van der Waals surface area contributed by atoms with Gasteiger partial charge in [0.2, 0.25) is 11.8 Å². The molecule has 0 saturated carbocycles. The van der Waals surface area contributed by atoms with E-state index in [1.54, 1.807) is 12.0 Å². The van der Waals surface area contributed by atoms with Crippen LogP contribution in [0.4, 0.5) is 0 Å². The largest absolute Gasteiger partial charge is 0.497 e. The van der Waals surface area contributed by atoms with Crippen molar-refractivity contribution in [2.45, 2.75) is 32.2 Å². The first kappa shape index (κ1) is 19.7. The summed E-state index contributed by atoms with van der Waals surface area (Å²) in [5.74, 6) is 0.885. The zero-order chi connectivity index (χ0) is 19.4. The van der Waals surface area contributed by atoms with E-state index in [1.807, 2.05) is 36.2 Å². The van der Waals surface area contributed by atoms with Crippen molar-refractivity contribution in [1.29, 1.82) is 0 Å². The maximum absolute atomic E-state index is 13.3. The van der Waals surface area contributed by atoms with E-state index in [1.165, 1.54) is 0 Å². The van der Waals surface area contributed by atoms with Crippen molar-refractivity contribution in [3.8, 4) is 5.75 Å². The minimum Gasteiger partial charge on any atom is -0.497 e. The van der Waals surface area contributed by atoms with E-state index in [-0.39, 0.29) is 23.8 Å². The summed E-state index contributed by atoms with van der Waals surface area (Å²) in [7, 11) is 3.45. The average molecular weight is 373 g/mol. The Morgan fingerprint density at radius 2 is 1.81 bits per heavy atom. The SMILES string of the molecule is CCCN1CCN(C(=O)[C@@H]2CCC(=O)N(C)[C@H]2c2ccc(OC)cc2)CC1. The summed E-state index contributed by atoms with van der Waals surface area (Å²) in [5.41, 5.74) is 0.995. The molecular formula is C21H31N3O3. The van der Waals surface area contributed by atoms with Gasteiger partial charge in [-0.2, -0.15) is 0 Å². The first-order chi connectivity index (χ1) is 13.0. The van der Waals surface area contributed by atoms with Gasteiger partial charge in [0.05, 0.1) is 19.1 Å². The molecule has 2 saturated heterocycles. The number of rotatable bonds is 5. The molecule has 27 heavy (non-hydrogen) atoms. The van der Waals surface area contributed by atoms with E-state index in [0.717, 1.165) is 50.5 Å². The van der Waals surface area contributed by atoms with Crippen LogP contribution in [0.25, 0.3) is 0 Å². The van der Waals surface area contributed by atoms with Crippen molar-refractivity contribution in [1.82, 2.24) is 14.7 Å². The lowest BCUT2D eigenvalue weighted by Crippen LogP contribution is -2.53. The van der Waals surface area contributed by atoms with Gasteiger partial charge >= 0.3 is 0 Å². The first-order valence-corrected chi connectivity index (χ1v) is 9.96. The summed E-state index contributed by atoms with van der Waals surface area (Å²) in [4.78, 5) is 31.8. The van der Waals surface area contributed by atoms with E-state index in [0.29, 0.717) is 12.8 Å². The molecule has 148 valence electrons. The number of ether oxygens (including phenoxy) is 1. The third-order valence-electron chi connectivity index (χ3n) is 5.86. The number of methoxy groups -OCH3 is 1. The molecule has 0 unspecified atom stereocenters. The molecule has 1 aromatic rings. The van der Waals surface area contributed by atoms with Gasteiger partial charge in [-0.1, -0.05) is 19.1 Å². The summed E-state index contributed by atoms with van der Waals surface area (Å²) in [5, 5.41) is 0. The maximum Gasteiger partial charge on any atom is 0.228 e. The topological polar surface area (TPSA) is 53.1 Å². The molecule has 2 aliphatic heterocycles. The third kappa shape index (κ3) is 4.26. The molecule has 2 fully saturated rings. The highest BCUT2D eigenvalue weighted by Crippen LogP contribution is 2.37. The van der Waals surface area contributed by atoms with Gasteiger partial charge in [0, 0.05) is 39.6 Å². The normalized spacial score (nSPS) is 24.2. The van der Waals surface area contributed by atoms with Crippen LogP contribution < -0.4 is 4.74 Å². The highest BCUT2D eigenvalue weighted by Gasteiger charge is 2.41. The summed E-state index contributed by atoms with van der Waals surface area (Å²) >= 11 is 0. The van der Waals surface area contributed by atoms with Crippen molar-refractivity contribution in [3.63, 3.8) is 0 Å². The molecule has 0 spiro atoms. The lowest BCUT2D eigenvalue weighted by molar-refractivity contribution is -0.147.